The van der Waals surface area contributed by atoms with Crippen LogP contribution in [0.15, 0.2) is 27.7 Å². The standard InChI is InChI=1S/C18H22N4O5/c1-10-5-13(11(2)27-10)15-8-22-7-14(20-16(22)18(25)21(15)3)17(24)19-6-12(23)9-26-4/h5,7-8,12,23H,6,9H2,1-4H3,(H,19,24). The minimum atomic E-state index is -0.817. The van der Waals surface area contributed by atoms with Gasteiger partial charge in [0, 0.05) is 38.7 Å². The first-order chi connectivity index (χ1) is 12.8. The van der Waals surface area contributed by atoms with Gasteiger partial charge in [-0.2, -0.15) is 0 Å². The SMILES string of the molecule is COCC(O)CNC(=O)c1cn2cc(-c3cc(C)oc3C)n(C)c(=O)c2n1. The van der Waals surface area contributed by atoms with E-state index in [1.807, 2.05) is 19.9 Å². The lowest BCUT2D eigenvalue weighted by Crippen LogP contribution is -2.34. The van der Waals surface area contributed by atoms with E-state index in [0.717, 1.165) is 11.3 Å². The number of hydrogen-bond donors (Lipinski definition) is 2. The predicted octanol–water partition coefficient (Wildman–Crippen LogP) is 0.647. The first-order valence-electron chi connectivity index (χ1n) is 8.43. The highest BCUT2D eigenvalue weighted by Crippen LogP contribution is 2.25. The molecule has 1 atom stereocenters. The number of hydrogen-bond acceptors (Lipinski definition) is 6. The van der Waals surface area contributed by atoms with Crippen molar-refractivity contribution in [1.29, 1.82) is 0 Å². The zero-order valence-corrected chi connectivity index (χ0v) is 15.6. The van der Waals surface area contributed by atoms with Crippen LogP contribution in [0.4, 0.5) is 0 Å². The van der Waals surface area contributed by atoms with Crippen molar-refractivity contribution in [3.63, 3.8) is 0 Å². The number of furan rings is 1. The third kappa shape index (κ3) is 3.64. The van der Waals surface area contributed by atoms with Crippen LogP contribution in [0.1, 0.15) is 22.0 Å². The summed E-state index contributed by atoms with van der Waals surface area (Å²) in [5.74, 6) is 0.968. The molecular weight excluding hydrogens is 352 g/mol. The zero-order valence-electron chi connectivity index (χ0n) is 15.6. The number of aromatic nitrogens is 3. The summed E-state index contributed by atoms with van der Waals surface area (Å²) in [4.78, 5) is 29.1. The number of imidazole rings is 1. The number of nitrogens with zero attached hydrogens (tertiary/aromatic N) is 3. The van der Waals surface area contributed by atoms with Crippen LogP contribution in [0.3, 0.4) is 0 Å². The summed E-state index contributed by atoms with van der Waals surface area (Å²) in [6.07, 6.45) is 2.40. The van der Waals surface area contributed by atoms with Crippen molar-refractivity contribution < 1.29 is 19.1 Å². The van der Waals surface area contributed by atoms with Crippen LogP contribution in [0.2, 0.25) is 0 Å². The predicted molar refractivity (Wildman–Crippen MR) is 97.8 cm³/mol. The van der Waals surface area contributed by atoms with Gasteiger partial charge in [-0.15, -0.1) is 0 Å². The molecule has 0 fully saturated rings. The first-order valence-corrected chi connectivity index (χ1v) is 8.43. The Bertz CT molecular complexity index is 1050. The molecule has 1 unspecified atom stereocenters. The highest BCUT2D eigenvalue weighted by atomic mass is 16.5. The van der Waals surface area contributed by atoms with Gasteiger partial charge in [0.1, 0.15) is 17.2 Å². The average Bonchev–Trinajstić information content (AvgIpc) is 3.19. The van der Waals surface area contributed by atoms with Crippen LogP contribution in [0.5, 0.6) is 0 Å². The number of fused-ring (bicyclic) bond motifs is 1. The third-order valence-electron chi connectivity index (χ3n) is 4.26. The van der Waals surface area contributed by atoms with E-state index in [1.54, 1.807) is 13.2 Å². The summed E-state index contributed by atoms with van der Waals surface area (Å²) < 4.78 is 13.4. The van der Waals surface area contributed by atoms with Crippen LogP contribution in [-0.4, -0.2) is 51.3 Å². The summed E-state index contributed by atoms with van der Waals surface area (Å²) in [5.41, 5.74) is 1.36. The minimum absolute atomic E-state index is 0.0251. The monoisotopic (exact) mass is 374 g/mol. The summed E-state index contributed by atoms with van der Waals surface area (Å²) >= 11 is 0. The second kappa shape index (κ2) is 7.37. The van der Waals surface area contributed by atoms with Gasteiger partial charge in [-0.1, -0.05) is 0 Å². The smallest absolute Gasteiger partial charge is 0.294 e. The zero-order chi connectivity index (χ0) is 19.7. The average molecular weight is 374 g/mol. The maximum absolute atomic E-state index is 12.7. The largest absolute Gasteiger partial charge is 0.466 e. The van der Waals surface area contributed by atoms with Gasteiger partial charge in [0.2, 0.25) is 5.65 Å². The normalized spacial score (nSPS) is 12.5. The number of rotatable bonds is 6. The summed E-state index contributed by atoms with van der Waals surface area (Å²) in [6.45, 7) is 3.80. The second-order valence-corrected chi connectivity index (χ2v) is 6.38. The van der Waals surface area contributed by atoms with Crippen LogP contribution < -0.4 is 10.9 Å². The summed E-state index contributed by atoms with van der Waals surface area (Å²) in [6, 6.07) is 1.86. The van der Waals surface area contributed by atoms with Gasteiger partial charge in [-0.3, -0.25) is 14.0 Å². The van der Waals surface area contributed by atoms with E-state index < -0.39 is 12.0 Å². The molecule has 0 saturated heterocycles. The molecule has 3 heterocycles. The highest BCUT2D eigenvalue weighted by Gasteiger charge is 2.18. The molecule has 9 nitrogen and oxygen atoms in total. The lowest BCUT2D eigenvalue weighted by Gasteiger charge is -2.09. The lowest BCUT2D eigenvalue weighted by atomic mass is 10.2. The fraction of sp³-hybridized carbons (Fsp3) is 0.389. The van der Waals surface area contributed by atoms with Gasteiger partial charge in [-0.25, -0.2) is 4.98 Å². The van der Waals surface area contributed by atoms with Crippen LogP contribution in [0, 0.1) is 13.8 Å². The fourth-order valence-electron chi connectivity index (χ4n) is 2.93. The molecule has 144 valence electrons. The quantitative estimate of drug-likeness (QED) is 0.655. The van der Waals surface area contributed by atoms with E-state index >= 15 is 0 Å². The molecule has 0 aliphatic carbocycles. The van der Waals surface area contributed by atoms with E-state index in [4.69, 9.17) is 9.15 Å². The van der Waals surface area contributed by atoms with Gasteiger partial charge >= 0.3 is 0 Å². The number of aliphatic hydroxyl groups is 1. The van der Waals surface area contributed by atoms with Crippen LogP contribution in [-0.2, 0) is 11.8 Å². The number of amides is 1. The van der Waals surface area contributed by atoms with Crippen LogP contribution in [0.25, 0.3) is 16.9 Å². The maximum Gasteiger partial charge on any atom is 0.294 e. The second-order valence-electron chi connectivity index (χ2n) is 6.38. The van der Waals surface area contributed by atoms with Gasteiger partial charge in [-0.05, 0) is 19.9 Å². The number of aryl methyl sites for hydroxylation is 2. The molecule has 3 aromatic rings. The number of carbonyl (C=O) groups excluding carboxylic acids is 1. The number of aliphatic hydroxyl groups excluding tert-OH is 1. The number of nitrogens with one attached hydrogen (secondary N) is 1. The number of methoxy groups -OCH3 is 1. The third-order valence-corrected chi connectivity index (χ3v) is 4.26. The van der Waals surface area contributed by atoms with E-state index in [1.165, 1.54) is 22.3 Å². The molecule has 2 N–H and O–H groups in total. The van der Waals surface area contributed by atoms with E-state index in [0.29, 0.717) is 11.5 Å². The number of carbonyl (C=O) groups is 1. The molecule has 3 rings (SSSR count). The fourth-order valence-corrected chi connectivity index (χ4v) is 2.93. The molecular formula is C18H22N4O5. The van der Waals surface area contributed by atoms with Crippen molar-refractivity contribution in [2.45, 2.75) is 20.0 Å². The molecule has 0 saturated carbocycles. The minimum Gasteiger partial charge on any atom is -0.466 e. The molecule has 1 amide bonds. The first kappa shape index (κ1) is 18.9. The van der Waals surface area contributed by atoms with E-state index in [2.05, 4.69) is 10.3 Å². The summed E-state index contributed by atoms with van der Waals surface area (Å²) in [5, 5.41) is 12.2. The Kier molecular flexibility index (Phi) is 5.15. The van der Waals surface area contributed by atoms with Crippen molar-refractivity contribution >= 4 is 11.6 Å². The molecule has 9 heteroatoms. The Morgan fingerprint density at radius 1 is 1.41 bits per heavy atom. The lowest BCUT2D eigenvalue weighted by molar-refractivity contribution is 0.0609. The summed E-state index contributed by atoms with van der Waals surface area (Å²) in [7, 11) is 3.11. The maximum atomic E-state index is 12.7. The Morgan fingerprint density at radius 2 is 2.15 bits per heavy atom. The molecule has 0 radical (unpaired) electrons. The Balaban J connectivity index is 1.96. The Hall–Kier alpha value is -2.91. The molecule has 0 bridgehead atoms. The van der Waals surface area contributed by atoms with Crippen LogP contribution >= 0.6 is 0 Å². The van der Waals surface area contributed by atoms with Crippen molar-refractivity contribution in [2.24, 2.45) is 7.05 Å². The molecule has 0 aliphatic rings. The van der Waals surface area contributed by atoms with Crippen molar-refractivity contribution in [3.05, 3.63) is 46.0 Å². The van der Waals surface area contributed by atoms with Crippen molar-refractivity contribution in [3.8, 4) is 11.3 Å². The molecule has 0 spiro atoms. The van der Waals surface area contributed by atoms with Gasteiger partial charge in [0.15, 0.2) is 0 Å². The van der Waals surface area contributed by atoms with Gasteiger partial charge < -0.3 is 24.1 Å². The molecule has 27 heavy (non-hydrogen) atoms. The molecule has 0 aromatic carbocycles. The van der Waals surface area contributed by atoms with E-state index in [-0.39, 0.29) is 30.1 Å². The Labute approximate surface area is 155 Å². The Morgan fingerprint density at radius 3 is 2.78 bits per heavy atom. The highest BCUT2D eigenvalue weighted by molar-refractivity contribution is 5.92. The van der Waals surface area contributed by atoms with Crippen molar-refractivity contribution in [1.82, 2.24) is 19.3 Å². The number of ether oxygens (including phenoxy) is 1. The van der Waals surface area contributed by atoms with Crippen molar-refractivity contribution in [2.75, 3.05) is 20.3 Å². The van der Waals surface area contributed by atoms with E-state index in [9.17, 15) is 14.7 Å². The van der Waals surface area contributed by atoms with Gasteiger partial charge in [0.25, 0.3) is 11.5 Å². The van der Waals surface area contributed by atoms with Gasteiger partial charge in [0.05, 0.1) is 18.4 Å². The molecule has 0 aliphatic heterocycles. The topological polar surface area (TPSA) is 111 Å². The molecule has 3 aromatic heterocycles.